The van der Waals surface area contributed by atoms with E-state index in [2.05, 4.69) is 15.3 Å². The Kier molecular flexibility index (Phi) is 3.59. The van der Waals surface area contributed by atoms with E-state index in [1.54, 1.807) is 0 Å². The molecule has 1 aromatic rings. The maximum Gasteiger partial charge on any atom is 0.158 e. The number of hydrogen-bond acceptors (Lipinski definition) is 5. The molecule has 0 radical (unpaired) electrons. The van der Waals surface area contributed by atoms with E-state index < -0.39 is 0 Å². The van der Waals surface area contributed by atoms with Crippen LogP contribution in [0.3, 0.4) is 0 Å². The summed E-state index contributed by atoms with van der Waals surface area (Å²) in [6, 6.07) is 2.70. The second-order valence-corrected chi connectivity index (χ2v) is 5.65. The van der Waals surface area contributed by atoms with Gasteiger partial charge in [-0.25, -0.2) is 9.97 Å². The lowest BCUT2D eigenvalue weighted by molar-refractivity contribution is 0.0692. The van der Waals surface area contributed by atoms with Crippen LogP contribution in [0.4, 0.5) is 0 Å². The second kappa shape index (κ2) is 5.33. The molecule has 1 N–H and O–H groups in total. The number of thioether (sulfide) groups is 1. The smallest absolute Gasteiger partial charge is 0.158 e. The van der Waals surface area contributed by atoms with E-state index >= 15 is 0 Å². The highest BCUT2D eigenvalue weighted by molar-refractivity contribution is 7.99. The Hall–Kier alpha value is -0.650. The molecule has 1 saturated carbocycles. The van der Waals surface area contributed by atoms with Crippen molar-refractivity contribution in [3.8, 4) is 0 Å². The van der Waals surface area contributed by atoms with Crippen LogP contribution in [-0.4, -0.2) is 34.1 Å². The number of rotatable bonds is 4. The minimum Gasteiger partial charge on any atom is -0.368 e. The molecule has 5 heteroatoms. The SMILES string of the molecule is c1cc(CNC2CC2)nc(C2CSCCO2)n1. The Bertz CT molecular complexity index is 378. The van der Waals surface area contributed by atoms with Crippen molar-refractivity contribution < 1.29 is 4.74 Å². The van der Waals surface area contributed by atoms with Crippen molar-refractivity contribution in [2.75, 3.05) is 18.1 Å². The highest BCUT2D eigenvalue weighted by Crippen LogP contribution is 2.24. The molecule has 2 fully saturated rings. The summed E-state index contributed by atoms with van der Waals surface area (Å²) in [4.78, 5) is 8.91. The predicted molar refractivity (Wildman–Crippen MR) is 67.9 cm³/mol. The highest BCUT2D eigenvalue weighted by atomic mass is 32.2. The lowest BCUT2D eigenvalue weighted by Crippen LogP contribution is -2.20. The maximum absolute atomic E-state index is 5.69. The summed E-state index contributed by atoms with van der Waals surface area (Å²) in [5, 5.41) is 3.47. The lowest BCUT2D eigenvalue weighted by atomic mass is 10.3. The van der Waals surface area contributed by atoms with Gasteiger partial charge in [0.05, 0.1) is 12.3 Å². The fourth-order valence-electron chi connectivity index (χ4n) is 1.84. The number of hydrogen-bond donors (Lipinski definition) is 1. The van der Waals surface area contributed by atoms with Crippen molar-refractivity contribution in [2.24, 2.45) is 0 Å². The van der Waals surface area contributed by atoms with Gasteiger partial charge >= 0.3 is 0 Å². The molecule has 1 saturated heterocycles. The molecule has 2 aliphatic rings. The summed E-state index contributed by atoms with van der Waals surface area (Å²) < 4.78 is 5.69. The van der Waals surface area contributed by atoms with Crippen LogP contribution in [0.5, 0.6) is 0 Å². The Morgan fingerprint density at radius 1 is 1.47 bits per heavy atom. The predicted octanol–water partition coefficient (Wildman–Crippen LogP) is 1.53. The van der Waals surface area contributed by atoms with Crippen molar-refractivity contribution in [1.29, 1.82) is 0 Å². The molecule has 0 aromatic carbocycles. The maximum atomic E-state index is 5.69. The first-order valence-corrected chi connectivity index (χ1v) is 7.32. The largest absolute Gasteiger partial charge is 0.368 e. The molecular formula is C12H17N3OS. The molecule has 4 nitrogen and oxygen atoms in total. The molecule has 1 atom stereocenters. The van der Waals surface area contributed by atoms with Crippen molar-refractivity contribution in [2.45, 2.75) is 31.5 Å². The van der Waals surface area contributed by atoms with E-state index in [0.717, 1.165) is 42.2 Å². The molecule has 0 bridgehead atoms. The van der Waals surface area contributed by atoms with Gasteiger partial charge < -0.3 is 10.1 Å². The minimum atomic E-state index is 0.0784. The monoisotopic (exact) mass is 251 g/mol. The molecular weight excluding hydrogens is 234 g/mol. The standard InChI is InChI=1S/C12H17N3OS/c1-2-9(1)14-7-10-3-4-13-12(15-10)11-8-17-6-5-16-11/h3-4,9,11,14H,1-2,5-8H2. The van der Waals surface area contributed by atoms with Gasteiger partial charge in [-0.1, -0.05) is 0 Å². The zero-order chi connectivity index (χ0) is 11.5. The molecule has 1 aliphatic heterocycles. The fourth-order valence-corrected chi connectivity index (χ4v) is 2.68. The average molecular weight is 251 g/mol. The number of ether oxygens (including phenoxy) is 1. The normalized spacial score (nSPS) is 24.8. The van der Waals surface area contributed by atoms with Crippen LogP contribution < -0.4 is 5.32 Å². The number of nitrogens with zero attached hydrogens (tertiary/aromatic N) is 2. The van der Waals surface area contributed by atoms with E-state index in [-0.39, 0.29) is 6.10 Å². The van der Waals surface area contributed by atoms with Gasteiger partial charge in [-0.3, -0.25) is 0 Å². The van der Waals surface area contributed by atoms with Gasteiger partial charge in [-0.05, 0) is 18.9 Å². The van der Waals surface area contributed by atoms with Crippen LogP contribution in [0.2, 0.25) is 0 Å². The summed E-state index contributed by atoms with van der Waals surface area (Å²) in [6.07, 6.45) is 4.53. The summed E-state index contributed by atoms with van der Waals surface area (Å²) in [6.45, 7) is 1.66. The van der Waals surface area contributed by atoms with Crippen LogP contribution >= 0.6 is 11.8 Å². The summed E-state index contributed by atoms with van der Waals surface area (Å²) in [5.41, 5.74) is 1.07. The minimum absolute atomic E-state index is 0.0784. The second-order valence-electron chi connectivity index (χ2n) is 4.50. The Morgan fingerprint density at radius 2 is 2.41 bits per heavy atom. The topological polar surface area (TPSA) is 47.0 Å². The molecule has 0 spiro atoms. The zero-order valence-corrected chi connectivity index (χ0v) is 10.6. The van der Waals surface area contributed by atoms with Crippen LogP contribution in [-0.2, 0) is 11.3 Å². The summed E-state index contributed by atoms with van der Waals surface area (Å²) in [7, 11) is 0. The first-order valence-electron chi connectivity index (χ1n) is 6.16. The Balaban J connectivity index is 1.64. The quantitative estimate of drug-likeness (QED) is 0.879. The molecule has 1 unspecified atom stereocenters. The fraction of sp³-hybridized carbons (Fsp3) is 0.667. The molecule has 92 valence electrons. The Morgan fingerprint density at radius 3 is 3.18 bits per heavy atom. The third kappa shape index (κ3) is 3.18. The molecule has 0 amide bonds. The van der Waals surface area contributed by atoms with Gasteiger partial charge in [-0.2, -0.15) is 11.8 Å². The molecule has 2 heterocycles. The third-order valence-electron chi connectivity index (χ3n) is 2.99. The molecule has 1 aliphatic carbocycles. The van der Waals surface area contributed by atoms with Gasteiger partial charge in [-0.15, -0.1) is 0 Å². The highest BCUT2D eigenvalue weighted by Gasteiger charge is 2.21. The van der Waals surface area contributed by atoms with Crippen LogP contribution in [0, 0.1) is 0 Å². The molecule has 17 heavy (non-hydrogen) atoms. The summed E-state index contributed by atoms with van der Waals surface area (Å²) >= 11 is 1.91. The molecule has 3 rings (SSSR count). The molecule has 1 aromatic heterocycles. The van der Waals surface area contributed by atoms with E-state index in [0.29, 0.717) is 0 Å². The first kappa shape index (κ1) is 11.4. The van der Waals surface area contributed by atoms with Crippen LogP contribution in [0.25, 0.3) is 0 Å². The zero-order valence-electron chi connectivity index (χ0n) is 9.76. The first-order chi connectivity index (χ1) is 8.42. The van der Waals surface area contributed by atoms with E-state index in [4.69, 9.17) is 4.74 Å². The average Bonchev–Trinajstić information content (AvgIpc) is 3.22. The van der Waals surface area contributed by atoms with E-state index in [1.165, 1.54) is 12.8 Å². The van der Waals surface area contributed by atoms with Gasteiger partial charge in [0, 0.05) is 30.3 Å². The Labute approximate surface area is 106 Å². The van der Waals surface area contributed by atoms with Gasteiger partial charge in [0.1, 0.15) is 6.10 Å². The van der Waals surface area contributed by atoms with Gasteiger partial charge in [0.15, 0.2) is 5.82 Å². The van der Waals surface area contributed by atoms with Crippen LogP contribution in [0.15, 0.2) is 12.3 Å². The number of aromatic nitrogens is 2. The number of nitrogens with one attached hydrogen (secondary N) is 1. The summed E-state index contributed by atoms with van der Waals surface area (Å²) in [5.74, 6) is 2.89. The van der Waals surface area contributed by atoms with Crippen molar-refractivity contribution >= 4 is 11.8 Å². The van der Waals surface area contributed by atoms with Gasteiger partial charge in [0.25, 0.3) is 0 Å². The van der Waals surface area contributed by atoms with Gasteiger partial charge in [0.2, 0.25) is 0 Å². The van der Waals surface area contributed by atoms with Crippen molar-refractivity contribution in [3.63, 3.8) is 0 Å². The van der Waals surface area contributed by atoms with Crippen molar-refractivity contribution in [3.05, 3.63) is 23.8 Å². The van der Waals surface area contributed by atoms with E-state index in [9.17, 15) is 0 Å². The lowest BCUT2D eigenvalue weighted by Gasteiger charge is -2.21. The van der Waals surface area contributed by atoms with E-state index in [1.807, 2.05) is 24.0 Å². The van der Waals surface area contributed by atoms with Crippen LogP contribution in [0.1, 0.15) is 30.5 Å². The third-order valence-corrected chi connectivity index (χ3v) is 3.98. The van der Waals surface area contributed by atoms with Crippen molar-refractivity contribution in [1.82, 2.24) is 15.3 Å².